The molecule has 17 heavy (non-hydrogen) atoms. The van der Waals surface area contributed by atoms with E-state index in [0.29, 0.717) is 0 Å². The molecule has 0 unspecified atom stereocenters. The molecule has 0 atom stereocenters. The number of hydrogen-bond acceptors (Lipinski definition) is 2. The van der Waals surface area contributed by atoms with Gasteiger partial charge in [0, 0.05) is 6.42 Å². The summed E-state index contributed by atoms with van der Waals surface area (Å²) >= 11 is 0. The van der Waals surface area contributed by atoms with E-state index in [1.54, 1.807) is 7.11 Å². The SMILES string of the molecule is COc1ccc(CCCCCCCC=O)cc1. The molecule has 0 bridgehead atoms. The molecule has 1 rings (SSSR count). The van der Waals surface area contributed by atoms with Gasteiger partial charge in [0.25, 0.3) is 0 Å². The number of rotatable bonds is 9. The highest BCUT2D eigenvalue weighted by Crippen LogP contribution is 2.14. The van der Waals surface area contributed by atoms with E-state index < -0.39 is 0 Å². The Hall–Kier alpha value is -1.31. The van der Waals surface area contributed by atoms with Crippen LogP contribution in [0.3, 0.4) is 0 Å². The smallest absolute Gasteiger partial charge is 0.119 e. The highest BCUT2D eigenvalue weighted by atomic mass is 16.5. The highest BCUT2D eigenvalue weighted by molar-refractivity contribution is 5.48. The standard InChI is InChI=1S/C15H22O2/c1-17-15-11-9-14(10-12-15)8-6-4-2-3-5-7-13-16/h9-13H,2-8H2,1H3. The van der Waals surface area contributed by atoms with Crippen LogP contribution in [0.15, 0.2) is 24.3 Å². The monoisotopic (exact) mass is 234 g/mol. The quantitative estimate of drug-likeness (QED) is 0.480. The lowest BCUT2D eigenvalue weighted by Gasteiger charge is -2.03. The summed E-state index contributed by atoms with van der Waals surface area (Å²) in [5.41, 5.74) is 1.37. The van der Waals surface area contributed by atoms with Crippen molar-refractivity contribution in [3.63, 3.8) is 0 Å². The molecule has 0 saturated heterocycles. The maximum Gasteiger partial charge on any atom is 0.119 e. The molecule has 2 heteroatoms. The molecule has 0 amide bonds. The second kappa shape index (κ2) is 8.80. The van der Waals surface area contributed by atoms with Gasteiger partial charge < -0.3 is 9.53 Å². The zero-order valence-corrected chi connectivity index (χ0v) is 10.7. The Balaban J connectivity index is 2.07. The highest BCUT2D eigenvalue weighted by Gasteiger charge is 1.95. The molecule has 0 saturated carbocycles. The number of unbranched alkanes of at least 4 members (excludes halogenated alkanes) is 5. The Morgan fingerprint density at radius 3 is 2.29 bits per heavy atom. The summed E-state index contributed by atoms with van der Waals surface area (Å²) in [6, 6.07) is 8.29. The molecule has 0 fully saturated rings. The van der Waals surface area contributed by atoms with E-state index >= 15 is 0 Å². The van der Waals surface area contributed by atoms with Crippen LogP contribution >= 0.6 is 0 Å². The Bertz CT molecular complexity index is 303. The van der Waals surface area contributed by atoms with Crippen LogP contribution in [0.2, 0.25) is 0 Å². The summed E-state index contributed by atoms with van der Waals surface area (Å²) in [6.45, 7) is 0. The first-order valence-corrected chi connectivity index (χ1v) is 6.43. The van der Waals surface area contributed by atoms with Crippen molar-refractivity contribution in [3.8, 4) is 5.75 Å². The van der Waals surface area contributed by atoms with Gasteiger partial charge in [-0.25, -0.2) is 0 Å². The van der Waals surface area contributed by atoms with Gasteiger partial charge in [-0.3, -0.25) is 0 Å². The predicted octanol–water partition coefficient (Wildman–Crippen LogP) is 3.78. The molecule has 94 valence electrons. The van der Waals surface area contributed by atoms with Gasteiger partial charge in [0.05, 0.1) is 7.11 Å². The normalized spacial score (nSPS) is 10.2. The number of carbonyl (C=O) groups is 1. The lowest BCUT2D eigenvalue weighted by molar-refractivity contribution is -0.107. The van der Waals surface area contributed by atoms with Gasteiger partial charge in [0.2, 0.25) is 0 Å². The Labute approximate surface area is 104 Å². The van der Waals surface area contributed by atoms with Crippen molar-refractivity contribution in [2.45, 2.75) is 44.9 Å². The van der Waals surface area contributed by atoms with Crippen LogP contribution in [0.1, 0.15) is 44.1 Å². The first-order chi connectivity index (χ1) is 8.36. The van der Waals surface area contributed by atoms with Crippen LogP contribution in [0.5, 0.6) is 5.75 Å². The molecule has 0 heterocycles. The molecule has 0 spiro atoms. The lowest BCUT2D eigenvalue weighted by atomic mass is 10.0. The van der Waals surface area contributed by atoms with Crippen LogP contribution in [0.4, 0.5) is 0 Å². The topological polar surface area (TPSA) is 26.3 Å². The number of carbonyl (C=O) groups excluding carboxylic acids is 1. The molecular formula is C15H22O2. The number of ether oxygens (including phenoxy) is 1. The summed E-state index contributed by atoms with van der Waals surface area (Å²) in [6.07, 6.45) is 8.82. The van der Waals surface area contributed by atoms with E-state index in [2.05, 4.69) is 12.1 Å². The number of benzene rings is 1. The van der Waals surface area contributed by atoms with Crippen LogP contribution in [0, 0.1) is 0 Å². The summed E-state index contributed by atoms with van der Waals surface area (Å²) in [5, 5.41) is 0. The molecule has 0 aliphatic heterocycles. The fourth-order valence-electron chi connectivity index (χ4n) is 1.88. The molecular weight excluding hydrogens is 212 g/mol. The largest absolute Gasteiger partial charge is 0.497 e. The number of methoxy groups -OCH3 is 1. The maximum absolute atomic E-state index is 10.1. The third-order valence-electron chi connectivity index (χ3n) is 2.95. The predicted molar refractivity (Wildman–Crippen MR) is 70.5 cm³/mol. The molecule has 0 N–H and O–H groups in total. The Morgan fingerprint density at radius 1 is 1.00 bits per heavy atom. The fraction of sp³-hybridized carbons (Fsp3) is 0.533. The first-order valence-electron chi connectivity index (χ1n) is 6.43. The van der Waals surface area contributed by atoms with Crippen LogP contribution < -0.4 is 4.74 Å². The van der Waals surface area contributed by atoms with Crippen LogP contribution in [-0.2, 0) is 11.2 Å². The van der Waals surface area contributed by atoms with E-state index in [1.165, 1.54) is 31.2 Å². The molecule has 0 aromatic heterocycles. The lowest BCUT2D eigenvalue weighted by Crippen LogP contribution is -1.88. The van der Waals surface area contributed by atoms with Crippen molar-refractivity contribution in [1.29, 1.82) is 0 Å². The average molecular weight is 234 g/mol. The average Bonchev–Trinajstić information content (AvgIpc) is 2.38. The second-order valence-electron chi connectivity index (χ2n) is 4.32. The van der Waals surface area contributed by atoms with Gasteiger partial charge in [-0.2, -0.15) is 0 Å². The van der Waals surface area contributed by atoms with Crippen LogP contribution in [0.25, 0.3) is 0 Å². The molecule has 0 radical (unpaired) electrons. The number of aldehydes is 1. The number of hydrogen-bond donors (Lipinski definition) is 0. The minimum Gasteiger partial charge on any atom is -0.497 e. The maximum atomic E-state index is 10.1. The van der Waals surface area contributed by atoms with Crippen molar-refractivity contribution in [1.82, 2.24) is 0 Å². The van der Waals surface area contributed by atoms with Crippen LogP contribution in [-0.4, -0.2) is 13.4 Å². The summed E-state index contributed by atoms with van der Waals surface area (Å²) in [4.78, 5) is 10.1. The van der Waals surface area contributed by atoms with E-state index in [1.807, 2.05) is 12.1 Å². The van der Waals surface area contributed by atoms with Gasteiger partial charge in [-0.1, -0.05) is 31.4 Å². The van der Waals surface area contributed by atoms with Gasteiger partial charge in [-0.05, 0) is 37.0 Å². The van der Waals surface area contributed by atoms with Gasteiger partial charge in [-0.15, -0.1) is 0 Å². The molecule has 1 aromatic carbocycles. The van der Waals surface area contributed by atoms with E-state index in [-0.39, 0.29) is 0 Å². The minimum absolute atomic E-state index is 0.721. The summed E-state index contributed by atoms with van der Waals surface area (Å²) < 4.78 is 5.12. The van der Waals surface area contributed by atoms with Crippen molar-refractivity contribution in [2.24, 2.45) is 0 Å². The molecule has 2 nitrogen and oxygen atoms in total. The zero-order valence-electron chi connectivity index (χ0n) is 10.7. The molecule has 0 aliphatic rings. The minimum atomic E-state index is 0.721. The van der Waals surface area contributed by atoms with Gasteiger partial charge in [0.15, 0.2) is 0 Å². The summed E-state index contributed by atoms with van der Waals surface area (Å²) in [5.74, 6) is 0.919. The van der Waals surface area contributed by atoms with Crippen molar-refractivity contribution < 1.29 is 9.53 Å². The summed E-state index contributed by atoms with van der Waals surface area (Å²) in [7, 11) is 1.69. The third kappa shape index (κ3) is 6.10. The van der Waals surface area contributed by atoms with E-state index in [0.717, 1.165) is 31.3 Å². The van der Waals surface area contributed by atoms with E-state index in [9.17, 15) is 4.79 Å². The zero-order chi connectivity index (χ0) is 12.3. The van der Waals surface area contributed by atoms with Gasteiger partial charge >= 0.3 is 0 Å². The fourth-order valence-corrected chi connectivity index (χ4v) is 1.88. The van der Waals surface area contributed by atoms with Crippen molar-refractivity contribution >= 4 is 6.29 Å². The molecule has 1 aromatic rings. The van der Waals surface area contributed by atoms with Crippen molar-refractivity contribution in [2.75, 3.05) is 7.11 Å². The number of aryl methyl sites for hydroxylation is 1. The third-order valence-corrected chi connectivity index (χ3v) is 2.95. The Kier molecular flexibility index (Phi) is 7.12. The Morgan fingerprint density at radius 2 is 1.65 bits per heavy atom. The second-order valence-corrected chi connectivity index (χ2v) is 4.32. The molecule has 0 aliphatic carbocycles. The van der Waals surface area contributed by atoms with Crippen molar-refractivity contribution in [3.05, 3.63) is 29.8 Å². The first kappa shape index (κ1) is 13.8. The van der Waals surface area contributed by atoms with E-state index in [4.69, 9.17) is 4.74 Å². The van der Waals surface area contributed by atoms with Gasteiger partial charge in [0.1, 0.15) is 12.0 Å².